The normalized spacial score (nSPS) is 19.6. The number of benzene rings is 1. The van der Waals surface area contributed by atoms with Crippen LogP contribution in [0, 0.1) is 0 Å². The fourth-order valence-corrected chi connectivity index (χ4v) is 5.07. The molecule has 1 fully saturated rings. The molecule has 108 valence electrons. The van der Waals surface area contributed by atoms with Crippen molar-refractivity contribution in [1.29, 1.82) is 0 Å². The van der Waals surface area contributed by atoms with E-state index in [9.17, 15) is 8.42 Å². The second kappa shape index (κ2) is 5.00. The van der Waals surface area contributed by atoms with Gasteiger partial charge in [-0.25, -0.2) is 13.4 Å². The van der Waals surface area contributed by atoms with Gasteiger partial charge in [-0.15, -0.1) is 0 Å². The third kappa shape index (κ3) is 2.49. The number of fused-ring (bicyclic) bond motifs is 1. The van der Waals surface area contributed by atoms with Crippen LogP contribution in [0.2, 0.25) is 5.02 Å². The molecule has 0 amide bonds. The van der Waals surface area contributed by atoms with E-state index in [0.29, 0.717) is 17.9 Å². The second-order valence-corrected chi connectivity index (χ2v) is 8.84. The third-order valence-electron chi connectivity index (χ3n) is 3.86. The first-order valence-electron chi connectivity index (χ1n) is 6.39. The molecule has 0 aliphatic carbocycles. The predicted octanol–water partition coefficient (Wildman–Crippen LogP) is 3.28. The molecule has 20 heavy (non-hydrogen) atoms. The lowest BCUT2D eigenvalue weighted by atomic mass is 10.0. The summed E-state index contributed by atoms with van der Waals surface area (Å²) >= 11 is 9.66. The van der Waals surface area contributed by atoms with Crippen LogP contribution >= 0.6 is 27.5 Å². The van der Waals surface area contributed by atoms with E-state index >= 15 is 0 Å². The van der Waals surface area contributed by atoms with Gasteiger partial charge in [0.25, 0.3) is 0 Å². The Morgan fingerprint density at radius 3 is 2.65 bits per heavy atom. The van der Waals surface area contributed by atoms with Crippen molar-refractivity contribution in [3.8, 4) is 0 Å². The number of hydrogen-bond donors (Lipinski definition) is 0. The van der Waals surface area contributed by atoms with E-state index in [1.807, 2.05) is 23.7 Å². The summed E-state index contributed by atoms with van der Waals surface area (Å²) in [5.41, 5.74) is 1.74. The van der Waals surface area contributed by atoms with Gasteiger partial charge in [0.15, 0.2) is 0 Å². The molecule has 7 heteroatoms. The van der Waals surface area contributed by atoms with Crippen LogP contribution < -0.4 is 0 Å². The summed E-state index contributed by atoms with van der Waals surface area (Å²) in [6, 6.07) is 3.81. The van der Waals surface area contributed by atoms with Crippen LogP contribution in [-0.2, 0) is 16.9 Å². The molecular weight excluding hydrogens is 364 g/mol. The molecule has 0 spiro atoms. The third-order valence-corrected chi connectivity index (χ3v) is 6.32. The highest BCUT2D eigenvalue weighted by atomic mass is 79.9. The number of nitrogens with zero attached hydrogens (tertiary/aromatic N) is 2. The summed E-state index contributed by atoms with van der Waals surface area (Å²) in [4.78, 5) is 4.64. The number of hydrogen-bond acceptors (Lipinski definition) is 3. The molecule has 0 N–H and O–H groups in total. The SMILES string of the molecule is Cn1c(C2CCS(=O)(=O)CC2)nc2c(Cl)cc(Br)cc21. The molecule has 0 saturated carbocycles. The summed E-state index contributed by atoms with van der Waals surface area (Å²) < 4.78 is 26.0. The Balaban J connectivity index is 2.05. The summed E-state index contributed by atoms with van der Waals surface area (Å²) in [6.45, 7) is 0. The molecule has 0 atom stereocenters. The van der Waals surface area contributed by atoms with Crippen molar-refractivity contribution in [2.45, 2.75) is 18.8 Å². The largest absolute Gasteiger partial charge is 0.331 e. The molecule has 1 aromatic carbocycles. The number of imidazole rings is 1. The molecule has 0 bridgehead atoms. The predicted molar refractivity (Wildman–Crippen MR) is 84.1 cm³/mol. The topological polar surface area (TPSA) is 52.0 Å². The van der Waals surface area contributed by atoms with Crippen LogP contribution in [0.3, 0.4) is 0 Å². The zero-order chi connectivity index (χ0) is 14.5. The van der Waals surface area contributed by atoms with Gasteiger partial charge < -0.3 is 4.57 Å². The van der Waals surface area contributed by atoms with E-state index < -0.39 is 9.84 Å². The van der Waals surface area contributed by atoms with Gasteiger partial charge in [-0.1, -0.05) is 27.5 Å². The first-order valence-corrected chi connectivity index (χ1v) is 9.38. The number of halogens is 2. The van der Waals surface area contributed by atoms with Crippen molar-refractivity contribution in [1.82, 2.24) is 9.55 Å². The molecule has 4 nitrogen and oxygen atoms in total. The van der Waals surface area contributed by atoms with Gasteiger partial charge in [-0.05, 0) is 25.0 Å². The smallest absolute Gasteiger partial charge is 0.150 e. The Kier molecular flexibility index (Phi) is 3.59. The van der Waals surface area contributed by atoms with Crippen molar-refractivity contribution in [3.63, 3.8) is 0 Å². The Morgan fingerprint density at radius 2 is 2.00 bits per heavy atom. The average molecular weight is 378 g/mol. The lowest BCUT2D eigenvalue weighted by Gasteiger charge is -2.21. The van der Waals surface area contributed by atoms with Crippen molar-refractivity contribution in [2.24, 2.45) is 7.05 Å². The standard InChI is InChI=1S/C13H14BrClN2O2S/c1-17-11-7-9(14)6-10(15)12(11)16-13(17)8-2-4-20(18,19)5-3-8/h6-8H,2-5H2,1H3. The minimum Gasteiger partial charge on any atom is -0.331 e. The van der Waals surface area contributed by atoms with Gasteiger partial charge in [-0.3, -0.25) is 0 Å². The maximum absolute atomic E-state index is 11.5. The van der Waals surface area contributed by atoms with Crippen molar-refractivity contribution in [3.05, 3.63) is 27.5 Å². The highest BCUT2D eigenvalue weighted by Crippen LogP contribution is 2.33. The number of rotatable bonds is 1. The van der Waals surface area contributed by atoms with Gasteiger partial charge in [0.1, 0.15) is 21.2 Å². The monoisotopic (exact) mass is 376 g/mol. The minimum absolute atomic E-state index is 0.186. The molecule has 2 heterocycles. The first kappa shape index (κ1) is 14.4. The summed E-state index contributed by atoms with van der Waals surface area (Å²) in [6.07, 6.45) is 1.27. The molecule has 0 unspecified atom stereocenters. The van der Waals surface area contributed by atoms with Crippen LogP contribution in [0.15, 0.2) is 16.6 Å². The number of aromatic nitrogens is 2. The van der Waals surface area contributed by atoms with E-state index in [2.05, 4.69) is 20.9 Å². The fourth-order valence-electron chi connectivity index (χ4n) is 2.75. The van der Waals surface area contributed by atoms with Crippen LogP contribution in [0.5, 0.6) is 0 Å². The molecule has 0 radical (unpaired) electrons. The molecular formula is C13H14BrClN2O2S. The lowest BCUT2D eigenvalue weighted by Crippen LogP contribution is -2.23. The van der Waals surface area contributed by atoms with E-state index in [1.165, 1.54) is 0 Å². The van der Waals surface area contributed by atoms with E-state index in [4.69, 9.17) is 11.6 Å². The number of sulfone groups is 1. The highest BCUT2D eigenvalue weighted by molar-refractivity contribution is 9.10. The minimum atomic E-state index is -2.85. The average Bonchev–Trinajstić information content (AvgIpc) is 2.68. The quantitative estimate of drug-likeness (QED) is 0.766. The molecule has 3 rings (SSSR count). The van der Waals surface area contributed by atoms with Crippen molar-refractivity contribution < 1.29 is 8.42 Å². The van der Waals surface area contributed by atoms with Gasteiger partial charge in [0.2, 0.25) is 0 Å². The highest BCUT2D eigenvalue weighted by Gasteiger charge is 2.28. The van der Waals surface area contributed by atoms with Crippen molar-refractivity contribution in [2.75, 3.05) is 11.5 Å². The summed E-state index contributed by atoms with van der Waals surface area (Å²) in [7, 11) is -0.897. The maximum Gasteiger partial charge on any atom is 0.150 e. The summed E-state index contributed by atoms with van der Waals surface area (Å²) in [5.74, 6) is 1.61. The molecule has 1 saturated heterocycles. The molecule has 1 aliphatic heterocycles. The molecule has 1 aromatic heterocycles. The fraction of sp³-hybridized carbons (Fsp3) is 0.462. The van der Waals surface area contributed by atoms with Crippen LogP contribution in [0.4, 0.5) is 0 Å². The van der Waals surface area contributed by atoms with Crippen LogP contribution in [-0.4, -0.2) is 29.5 Å². The molecule has 1 aliphatic rings. The van der Waals surface area contributed by atoms with Crippen molar-refractivity contribution >= 4 is 48.4 Å². The molecule has 2 aromatic rings. The van der Waals surface area contributed by atoms with Gasteiger partial charge in [0, 0.05) is 17.4 Å². The Hall–Kier alpha value is -0.590. The van der Waals surface area contributed by atoms with Crippen LogP contribution in [0.25, 0.3) is 11.0 Å². The van der Waals surface area contributed by atoms with Gasteiger partial charge in [0.05, 0.1) is 22.0 Å². The Morgan fingerprint density at radius 1 is 1.35 bits per heavy atom. The first-order chi connectivity index (χ1) is 9.37. The van der Waals surface area contributed by atoms with Gasteiger partial charge in [-0.2, -0.15) is 0 Å². The van der Waals surface area contributed by atoms with E-state index in [1.54, 1.807) is 0 Å². The second-order valence-electron chi connectivity index (χ2n) is 5.21. The van der Waals surface area contributed by atoms with Gasteiger partial charge >= 0.3 is 0 Å². The van der Waals surface area contributed by atoms with E-state index in [0.717, 1.165) is 21.3 Å². The van der Waals surface area contributed by atoms with Crippen LogP contribution in [0.1, 0.15) is 24.6 Å². The lowest BCUT2D eigenvalue weighted by molar-refractivity contribution is 0.529. The Bertz CT molecular complexity index is 771. The van der Waals surface area contributed by atoms with E-state index in [-0.39, 0.29) is 17.4 Å². The Labute approximate surface area is 131 Å². The zero-order valence-corrected chi connectivity index (χ0v) is 14.1. The maximum atomic E-state index is 11.5. The number of aryl methyl sites for hydroxylation is 1. The zero-order valence-electron chi connectivity index (χ0n) is 10.9. The summed E-state index contributed by atoms with van der Waals surface area (Å²) in [5, 5.41) is 0.611.